The third kappa shape index (κ3) is 4.90. The predicted molar refractivity (Wildman–Crippen MR) is 126 cm³/mol. The molecular weight excluding hydrogens is 430 g/mol. The number of hydrogen-bond donors (Lipinski definition) is 1. The molecule has 3 aromatic rings. The predicted octanol–water partition coefficient (Wildman–Crippen LogP) is 2.77. The first-order valence-corrected chi connectivity index (χ1v) is 11.5. The SMILES string of the molecule is CN(Cc1ccccc1)CC1CCn2nc(C(=O)N[C@H]3COc4ccc(C#N)cc4C3)cc2O1. The van der Waals surface area contributed by atoms with Gasteiger partial charge in [0.1, 0.15) is 18.5 Å². The van der Waals surface area contributed by atoms with Crippen LogP contribution in [0.3, 0.4) is 0 Å². The van der Waals surface area contributed by atoms with Crippen LogP contribution in [0, 0.1) is 11.3 Å². The number of ether oxygens (including phenoxy) is 2. The molecule has 0 aliphatic carbocycles. The van der Waals surface area contributed by atoms with Crippen molar-refractivity contribution in [2.75, 3.05) is 20.2 Å². The highest BCUT2D eigenvalue weighted by Crippen LogP contribution is 2.26. The van der Waals surface area contributed by atoms with E-state index >= 15 is 0 Å². The van der Waals surface area contributed by atoms with Gasteiger partial charge >= 0.3 is 0 Å². The summed E-state index contributed by atoms with van der Waals surface area (Å²) in [5.74, 6) is 1.13. The van der Waals surface area contributed by atoms with Crippen molar-refractivity contribution < 1.29 is 14.3 Å². The lowest BCUT2D eigenvalue weighted by Crippen LogP contribution is -2.42. The summed E-state index contributed by atoms with van der Waals surface area (Å²) in [6, 6.07) is 19.4. The van der Waals surface area contributed by atoms with Gasteiger partial charge in [0.25, 0.3) is 5.91 Å². The first-order valence-electron chi connectivity index (χ1n) is 11.5. The fraction of sp³-hybridized carbons (Fsp3) is 0.346. The van der Waals surface area contributed by atoms with Crippen molar-refractivity contribution in [2.24, 2.45) is 0 Å². The highest BCUT2D eigenvalue weighted by molar-refractivity contribution is 5.92. The van der Waals surface area contributed by atoms with E-state index in [1.54, 1.807) is 22.9 Å². The topological polar surface area (TPSA) is 92.4 Å². The zero-order chi connectivity index (χ0) is 23.5. The van der Waals surface area contributed by atoms with Crippen molar-refractivity contribution >= 4 is 5.91 Å². The van der Waals surface area contributed by atoms with Crippen LogP contribution in [0.2, 0.25) is 0 Å². The maximum atomic E-state index is 12.9. The van der Waals surface area contributed by atoms with Crippen LogP contribution < -0.4 is 14.8 Å². The molecule has 0 spiro atoms. The number of nitrogens with one attached hydrogen (secondary N) is 1. The number of likely N-dealkylation sites (N-methyl/N-ethyl adjacent to an activating group) is 1. The van der Waals surface area contributed by atoms with Crippen LogP contribution in [0.1, 0.15) is 33.6 Å². The van der Waals surface area contributed by atoms with E-state index in [2.05, 4.69) is 40.6 Å². The smallest absolute Gasteiger partial charge is 0.272 e. The van der Waals surface area contributed by atoms with Gasteiger partial charge in [-0.1, -0.05) is 30.3 Å². The number of hydrogen-bond acceptors (Lipinski definition) is 6. The highest BCUT2D eigenvalue weighted by atomic mass is 16.5. The van der Waals surface area contributed by atoms with E-state index in [0.29, 0.717) is 36.7 Å². The normalized spacial score (nSPS) is 18.7. The number of fused-ring (bicyclic) bond motifs is 2. The van der Waals surface area contributed by atoms with E-state index in [1.807, 2.05) is 24.3 Å². The Kier molecular flexibility index (Phi) is 6.19. The van der Waals surface area contributed by atoms with Crippen molar-refractivity contribution in [3.63, 3.8) is 0 Å². The molecule has 2 atom stereocenters. The molecule has 174 valence electrons. The number of benzene rings is 2. The molecule has 0 radical (unpaired) electrons. The monoisotopic (exact) mass is 457 g/mol. The number of amides is 1. The number of aromatic nitrogens is 2. The van der Waals surface area contributed by atoms with Gasteiger partial charge in [-0.05, 0) is 42.8 Å². The summed E-state index contributed by atoms with van der Waals surface area (Å²) >= 11 is 0. The van der Waals surface area contributed by atoms with Crippen molar-refractivity contribution in [2.45, 2.75) is 38.1 Å². The number of carbonyl (C=O) groups is 1. The lowest BCUT2D eigenvalue weighted by molar-refractivity contribution is 0.0907. The Labute approximate surface area is 198 Å². The number of rotatable bonds is 6. The molecular formula is C26H27N5O3. The Morgan fingerprint density at radius 1 is 1.26 bits per heavy atom. The average molecular weight is 458 g/mol. The second-order valence-corrected chi connectivity index (χ2v) is 8.92. The molecule has 0 bridgehead atoms. The van der Waals surface area contributed by atoms with Crippen LogP contribution in [0.15, 0.2) is 54.6 Å². The molecule has 1 amide bonds. The first-order chi connectivity index (χ1) is 16.6. The van der Waals surface area contributed by atoms with Gasteiger partial charge in [0.05, 0.1) is 17.7 Å². The zero-order valence-electron chi connectivity index (χ0n) is 19.1. The molecule has 2 aliphatic rings. The van der Waals surface area contributed by atoms with E-state index < -0.39 is 0 Å². The van der Waals surface area contributed by atoms with E-state index in [-0.39, 0.29) is 18.1 Å². The molecule has 0 saturated carbocycles. The van der Waals surface area contributed by atoms with E-state index in [1.165, 1.54) is 5.56 Å². The minimum absolute atomic E-state index is 0.0476. The molecule has 0 saturated heterocycles. The van der Waals surface area contributed by atoms with Crippen LogP contribution in [-0.2, 0) is 19.5 Å². The minimum Gasteiger partial charge on any atom is -0.491 e. The fourth-order valence-corrected chi connectivity index (χ4v) is 4.51. The quantitative estimate of drug-likeness (QED) is 0.612. The van der Waals surface area contributed by atoms with E-state index in [0.717, 1.165) is 30.8 Å². The van der Waals surface area contributed by atoms with Crippen molar-refractivity contribution in [3.05, 3.63) is 77.0 Å². The molecule has 2 aromatic carbocycles. The molecule has 2 aliphatic heterocycles. The number of carbonyl (C=O) groups excluding carboxylic acids is 1. The van der Waals surface area contributed by atoms with Crippen molar-refractivity contribution in [1.82, 2.24) is 20.0 Å². The van der Waals surface area contributed by atoms with Crippen LogP contribution in [0.5, 0.6) is 11.6 Å². The molecule has 8 nitrogen and oxygen atoms in total. The third-order valence-electron chi connectivity index (χ3n) is 6.17. The summed E-state index contributed by atoms with van der Waals surface area (Å²) in [4.78, 5) is 15.1. The Hall–Kier alpha value is -3.83. The lowest BCUT2D eigenvalue weighted by atomic mass is 10.0. The second kappa shape index (κ2) is 9.57. The molecule has 0 fully saturated rings. The second-order valence-electron chi connectivity index (χ2n) is 8.92. The molecule has 34 heavy (non-hydrogen) atoms. The molecule has 1 aromatic heterocycles. The molecule has 3 heterocycles. The highest BCUT2D eigenvalue weighted by Gasteiger charge is 2.27. The zero-order valence-corrected chi connectivity index (χ0v) is 19.1. The van der Waals surface area contributed by atoms with Gasteiger partial charge < -0.3 is 14.8 Å². The average Bonchev–Trinajstić information content (AvgIpc) is 3.28. The van der Waals surface area contributed by atoms with Gasteiger partial charge in [0, 0.05) is 32.1 Å². The first kappa shape index (κ1) is 22.0. The van der Waals surface area contributed by atoms with Crippen molar-refractivity contribution in [1.29, 1.82) is 5.26 Å². The van der Waals surface area contributed by atoms with Gasteiger partial charge in [-0.3, -0.25) is 9.69 Å². The van der Waals surface area contributed by atoms with Gasteiger partial charge in [0.15, 0.2) is 5.69 Å². The van der Waals surface area contributed by atoms with E-state index in [9.17, 15) is 4.79 Å². The van der Waals surface area contributed by atoms with Crippen LogP contribution in [0.4, 0.5) is 0 Å². The molecule has 1 unspecified atom stereocenters. The maximum absolute atomic E-state index is 12.9. The fourth-order valence-electron chi connectivity index (χ4n) is 4.51. The molecule has 1 N–H and O–H groups in total. The standard InChI is InChI=1S/C26H27N5O3/c1-30(15-18-5-3-2-4-6-18)16-22-9-10-31-25(34-22)13-23(29-31)26(32)28-21-12-20-11-19(14-27)7-8-24(20)33-17-21/h2-8,11,13,21-22H,9-10,12,15-17H2,1H3,(H,28,32)/t21-,22?/m1/s1. The summed E-state index contributed by atoms with van der Waals surface area (Å²) in [6.07, 6.45) is 1.49. The van der Waals surface area contributed by atoms with Gasteiger partial charge in [-0.2, -0.15) is 10.4 Å². The number of aryl methyl sites for hydroxylation is 1. The van der Waals surface area contributed by atoms with Gasteiger partial charge in [-0.25, -0.2) is 4.68 Å². The number of nitrogens with zero attached hydrogens (tertiary/aromatic N) is 4. The largest absolute Gasteiger partial charge is 0.491 e. The summed E-state index contributed by atoms with van der Waals surface area (Å²) < 4.78 is 13.7. The van der Waals surface area contributed by atoms with Crippen LogP contribution in [0.25, 0.3) is 0 Å². The minimum atomic E-state index is -0.253. The summed E-state index contributed by atoms with van der Waals surface area (Å²) in [5, 5.41) is 16.6. The van der Waals surface area contributed by atoms with Crippen LogP contribution in [-0.4, -0.2) is 52.9 Å². The number of nitriles is 1. The Morgan fingerprint density at radius 2 is 2.12 bits per heavy atom. The van der Waals surface area contributed by atoms with E-state index in [4.69, 9.17) is 14.7 Å². The van der Waals surface area contributed by atoms with Gasteiger partial charge in [-0.15, -0.1) is 0 Å². The maximum Gasteiger partial charge on any atom is 0.272 e. The molecule has 5 rings (SSSR count). The van der Waals surface area contributed by atoms with Crippen LogP contribution >= 0.6 is 0 Å². The lowest BCUT2D eigenvalue weighted by Gasteiger charge is -2.28. The Balaban J connectivity index is 1.17. The van der Waals surface area contributed by atoms with Gasteiger partial charge in [0.2, 0.25) is 5.88 Å². The third-order valence-corrected chi connectivity index (χ3v) is 6.17. The summed E-state index contributed by atoms with van der Waals surface area (Å²) in [6.45, 7) is 2.75. The van der Waals surface area contributed by atoms with Crippen molar-refractivity contribution in [3.8, 4) is 17.7 Å². The Bertz CT molecular complexity index is 1220. The Morgan fingerprint density at radius 3 is 2.94 bits per heavy atom. The summed E-state index contributed by atoms with van der Waals surface area (Å²) in [7, 11) is 2.09. The summed E-state index contributed by atoms with van der Waals surface area (Å²) in [5.41, 5.74) is 3.11. The molecule has 8 heteroatoms.